The molecule has 0 aromatic carbocycles. The largest absolute Gasteiger partial charge is 0.396 e. The van der Waals surface area contributed by atoms with E-state index in [2.05, 4.69) is 5.16 Å². The van der Waals surface area contributed by atoms with E-state index in [0.29, 0.717) is 6.61 Å². The molecule has 0 bridgehead atoms. The van der Waals surface area contributed by atoms with E-state index in [1.54, 1.807) is 0 Å². The van der Waals surface area contributed by atoms with Gasteiger partial charge in [0, 0.05) is 0 Å². The fourth-order valence-corrected chi connectivity index (χ4v) is 1.74. The van der Waals surface area contributed by atoms with Crippen LogP contribution in [-0.4, -0.2) is 23.0 Å². The molecule has 0 aromatic heterocycles. The number of rotatable bonds is 3. The van der Waals surface area contributed by atoms with Crippen LogP contribution >= 0.6 is 0 Å². The van der Waals surface area contributed by atoms with Gasteiger partial charge in [-0.25, -0.2) is 0 Å². The van der Waals surface area contributed by atoms with Crippen molar-refractivity contribution in [3.8, 4) is 0 Å². The summed E-state index contributed by atoms with van der Waals surface area (Å²) < 4.78 is 0. The number of nitrogens with zero attached hydrogens (tertiary/aromatic N) is 1. The second kappa shape index (κ2) is 4.61. The van der Waals surface area contributed by atoms with Crippen molar-refractivity contribution >= 4 is 5.71 Å². The van der Waals surface area contributed by atoms with Crippen molar-refractivity contribution in [1.82, 2.24) is 0 Å². The molecular formula is C10H19NO2. The van der Waals surface area contributed by atoms with Crippen molar-refractivity contribution in [2.45, 2.75) is 51.6 Å². The molecule has 0 spiro atoms. The Balaban J connectivity index is 2.55. The minimum atomic E-state index is -0.687. The fraction of sp³-hybridized carbons (Fsp3) is 0.900. The molecule has 0 heterocycles. The zero-order valence-corrected chi connectivity index (χ0v) is 8.55. The van der Waals surface area contributed by atoms with E-state index >= 15 is 0 Å². The summed E-state index contributed by atoms with van der Waals surface area (Å²) >= 11 is 0. The van der Waals surface area contributed by atoms with Gasteiger partial charge in [0.1, 0.15) is 12.2 Å². The van der Waals surface area contributed by atoms with Gasteiger partial charge in [-0.3, -0.25) is 0 Å². The van der Waals surface area contributed by atoms with Gasteiger partial charge in [-0.15, -0.1) is 0 Å². The lowest BCUT2D eigenvalue weighted by molar-refractivity contribution is 0.0619. The summed E-state index contributed by atoms with van der Waals surface area (Å²) in [6.45, 7) is 4.30. The van der Waals surface area contributed by atoms with Crippen molar-refractivity contribution in [2.75, 3.05) is 6.61 Å². The minimum absolute atomic E-state index is 0.563. The predicted octanol–water partition coefficient (Wildman–Crippen LogP) is 2.09. The molecular weight excluding hydrogens is 166 g/mol. The van der Waals surface area contributed by atoms with Gasteiger partial charge in [0.2, 0.25) is 0 Å². The Hall–Kier alpha value is -0.570. The average Bonchev–Trinajstić information content (AvgIpc) is 2.15. The first-order chi connectivity index (χ1) is 6.19. The van der Waals surface area contributed by atoms with Gasteiger partial charge in [0.25, 0.3) is 0 Å². The molecule has 1 saturated carbocycles. The van der Waals surface area contributed by atoms with E-state index in [4.69, 9.17) is 4.84 Å². The topological polar surface area (TPSA) is 41.8 Å². The van der Waals surface area contributed by atoms with Gasteiger partial charge in [0.05, 0.1) is 5.71 Å². The van der Waals surface area contributed by atoms with Crippen LogP contribution < -0.4 is 0 Å². The maximum atomic E-state index is 10.2. The number of hydrogen-bond acceptors (Lipinski definition) is 3. The molecule has 1 rings (SSSR count). The van der Waals surface area contributed by atoms with E-state index < -0.39 is 5.60 Å². The second-order valence-corrected chi connectivity index (χ2v) is 3.69. The molecule has 3 heteroatoms. The lowest BCUT2D eigenvalue weighted by Crippen LogP contribution is -2.39. The first-order valence-corrected chi connectivity index (χ1v) is 5.08. The highest BCUT2D eigenvalue weighted by atomic mass is 16.6. The maximum Gasteiger partial charge on any atom is 0.114 e. The number of hydrogen-bond donors (Lipinski definition) is 1. The first kappa shape index (κ1) is 10.5. The Labute approximate surface area is 79.8 Å². The minimum Gasteiger partial charge on any atom is -0.396 e. The van der Waals surface area contributed by atoms with Crippen LogP contribution in [-0.2, 0) is 4.84 Å². The van der Waals surface area contributed by atoms with Crippen LogP contribution in [0.1, 0.15) is 46.0 Å². The summed E-state index contributed by atoms with van der Waals surface area (Å²) in [7, 11) is 0. The molecule has 0 atom stereocenters. The SMILES string of the molecule is CCON=C(C)C1(O)CCCCC1. The summed E-state index contributed by atoms with van der Waals surface area (Å²) in [5, 5.41) is 14.1. The summed E-state index contributed by atoms with van der Waals surface area (Å²) in [6, 6.07) is 0. The highest BCUT2D eigenvalue weighted by Gasteiger charge is 2.32. The molecule has 0 radical (unpaired) electrons. The molecule has 1 N–H and O–H groups in total. The van der Waals surface area contributed by atoms with E-state index in [-0.39, 0.29) is 0 Å². The summed E-state index contributed by atoms with van der Waals surface area (Å²) in [4.78, 5) is 4.94. The van der Waals surface area contributed by atoms with Gasteiger partial charge >= 0.3 is 0 Å². The zero-order valence-electron chi connectivity index (χ0n) is 8.55. The van der Waals surface area contributed by atoms with Crippen LogP contribution in [0.2, 0.25) is 0 Å². The van der Waals surface area contributed by atoms with E-state index in [9.17, 15) is 5.11 Å². The molecule has 13 heavy (non-hydrogen) atoms. The molecule has 0 aliphatic heterocycles. The lowest BCUT2D eigenvalue weighted by Gasteiger charge is -2.31. The molecule has 1 aliphatic rings. The lowest BCUT2D eigenvalue weighted by atomic mass is 9.82. The van der Waals surface area contributed by atoms with Gasteiger partial charge in [-0.05, 0) is 26.7 Å². The van der Waals surface area contributed by atoms with Crippen molar-refractivity contribution in [3.05, 3.63) is 0 Å². The smallest absolute Gasteiger partial charge is 0.114 e. The normalized spacial score (nSPS) is 22.8. The molecule has 0 amide bonds. The third kappa shape index (κ3) is 2.69. The van der Waals surface area contributed by atoms with Crippen molar-refractivity contribution in [1.29, 1.82) is 0 Å². The van der Waals surface area contributed by atoms with Crippen molar-refractivity contribution < 1.29 is 9.94 Å². The Morgan fingerprint density at radius 1 is 1.38 bits per heavy atom. The molecule has 1 aliphatic carbocycles. The predicted molar refractivity (Wildman–Crippen MR) is 52.8 cm³/mol. The van der Waals surface area contributed by atoms with E-state index in [1.165, 1.54) is 6.42 Å². The molecule has 1 fully saturated rings. The highest BCUT2D eigenvalue weighted by molar-refractivity contribution is 5.89. The Bertz CT molecular complexity index is 183. The summed E-state index contributed by atoms with van der Waals surface area (Å²) in [6.07, 6.45) is 5.07. The quantitative estimate of drug-likeness (QED) is 0.540. The summed E-state index contributed by atoms with van der Waals surface area (Å²) in [5.74, 6) is 0. The molecule has 76 valence electrons. The Morgan fingerprint density at radius 3 is 2.54 bits per heavy atom. The Kier molecular flexibility index (Phi) is 3.72. The van der Waals surface area contributed by atoms with Gasteiger partial charge in [-0.2, -0.15) is 0 Å². The third-order valence-electron chi connectivity index (χ3n) is 2.68. The Morgan fingerprint density at radius 2 is 2.00 bits per heavy atom. The average molecular weight is 185 g/mol. The monoisotopic (exact) mass is 185 g/mol. The van der Waals surface area contributed by atoms with Crippen molar-refractivity contribution in [3.63, 3.8) is 0 Å². The molecule has 3 nitrogen and oxygen atoms in total. The highest BCUT2D eigenvalue weighted by Crippen LogP contribution is 2.29. The standard InChI is InChI=1S/C10H19NO2/c1-3-13-11-9(2)10(12)7-5-4-6-8-10/h12H,3-8H2,1-2H3. The molecule has 0 saturated heterocycles. The zero-order chi connectivity index (χ0) is 9.73. The second-order valence-electron chi connectivity index (χ2n) is 3.69. The summed E-state index contributed by atoms with van der Waals surface area (Å²) in [5.41, 5.74) is 0.0435. The first-order valence-electron chi connectivity index (χ1n) is 5.08. The van der Waals surface area contributed by atoms with Crippen LogP contribution in [0, 0.1) is 0 Å². The van der Waals surface area contributed by atoms with Crippen LogP contribution in [0.25, 0.3) is 0 Å². The van der Waals surface area contributed by atoms with Gasteiger partial charge in [0.15, 0.2) is 0 Å². The van der Waals surface area contributed by atoms with E-state index in [0.717, 1.165) is 31.4 Å². The maximum absolute atomic E-state index is 10.2. The van der Waals surface area contributed by atoms with Crippen LogP contribution in [0.5, 0.6) is 0 Å². The van der Waals surface area contributed by atoms with Crippen molar-refractivity contribution in [2.24, 2.45) is 5.16 Å². The van der Waals surface area contributed by atoms with Gasteiger partial charge in [-0.1, -0.05) is 24.4 Å². The third-order valence-corrected chi connectivity index (χ3v) is 2.68. The van der Waals surface area contributed by atoms with Crippen LogP contribution in [0.4, 0.5) is 0 Å². The number of aliphatic hydroxyl groups is 1. The fourth-order valence-electron chi connectivity index (χ4n) is 1.74. The molecule has 0 aromatic rings. The molecule has 0 unspecified atom stereocenters. The van der Waals surface area contributed by atoms with Crippen LogP contribution in [0.3, 0.4) is 0 Å². The van der Waals surface area contributed by atoms with Gasteiger partial charge < -0.3 is 9.94 Å². The van der Waals surface area contributed by atoms with Crippen LogP contribution in [0.15, 0.2) is 5.16 Å². The number of oxime groups is 1. The van der Waals surface area contributed by atoms with E-state index in [1.807, 2.05) is 13.8 Å².